The average Bonchev–Trinajstić information content (AvgIpc) is 2.62. The Morgan fingerprint density at radius 3 is 2.04 bits per heavy atom. The molecule has 0 saturated heterocycles. The molecule has 27 heavy (non-hydrogen) atoms. The smallest absolute Gasteiger partial charge is 0.303 e. The molecule has 2 aromatic carbocycles. The first-order valence-corrected chi connectivity index (χ1v) is 9.65. The zero-order valence-electron chi connectivity index (χ0n) is 14.4. The fraction of sp³-hybridized carbons (Fsp3) is 0.222. The summed E-state index contributed by atoms with van der Waals surface area (Å²) in [7, 11) is -3.67. The number of carbonyl (C=O) groups excluding carboxylic acids is 1. The van der Waals surface area contributed by atoms with Gasteiger partial charge >= 0.3 is 5.97 Å². The molecule has 0 heterocycles. The van der Waals surface area contributed by atoms with Crippen molar-refractivity contribution in [2.45, 2.75) is 24.2 Å². The van der Waals surface area contributed by atoms with E-state index in [9.17, 15) is 18.0 Å². The first-order valence-electron chi connectivity index (χ1n) is 8.17. The van der Waals surface area contributed by atoms with Gasteiger partial charge in [0.15, 0.2) is 0 Å². The standard InChI is InChI=1S/C18H20N2O6S/c19-18(23)13-4-6-14(7-5-13)26-15-8-10-16(11-9-15)27(24,25)20-12-2-1-3-17(21)22/h4-11,20H,1-3,12H2,(H2,19,23)(H,21,22). The summed E-state index contributed by atoms with van der Waals surface area (Å²) in [5.74, 6) is -0.529. The van der Waals surface area contributed by atoms with Crippen molar-refractivity contribution < 1.29 is 27.9 Å². The van der Waals surface area contributed by atoms with Crippen molar-refractivity contribution in [2.24, 2.45) is 5.73 Å². The highest BCUT2D eigenvalue weighted by molar-refractivity contribution is 7.89. The number of ether oxygens (including phenoxy) is 1. The summed E-state index contributed by atoms with van der Waals surface area (Å²) in [6.07, 6.45) is 0.849. The molecular formula is C18H20N2O6S. The number of amides is 1. The van der Waals surface area contributed by atoms with Crippen LogP contribution in [-0.4, -0.2) is 31.9 Å². The predicted molar refractivity (Wildman–Crippen MR) is 98.2 cm³/mol. The van der Waals surface area contributed by atoms with Gasteiger partial charge in [-0.05, 0) is 61.4 Å². The maximum Gasteiger partial charge on any atom is 0.303 e. The molecule has 1 amide bonds. The Hall–Kier alpha value is -2.91. The fourth-order valence-corrected chi connectivity index (χ4v) is 3.28. The van der Waals surface area contributed by atoms with Gasteiger partial charge in [0.05, 0.1) is 4.90 Å². The molecule has 2 aromatic rings. The molecule has 0 spiro atoms. The van der Waals surface area contributed by atoms with Crippen LogP contribution in [0.15, 0.2) is 53.4 Å². The quantitative estimate of drug-likeness (QED) is 0.530. The highest BCUT2D eigenvalue weighted by atomic mass is 32.2. The Morgan fingerprint density at radius 1 is 0.963 bits per heavy atom. The lowest BCUT2D eigenvalue weighted by Gasteiger charge is -2.09. The van der Waals surface area contributed by atoms with Crippen LogP contribution in [0.5, 0.6) is 11.5 Å². The van der Waals surface area contributed by atoms with Crippen LogP contribution in [0.2, 0.25) is 0 Å². The molecule has 0 bridgehead atoms. The molecule has 0 atom stereocenters. The zero-order chi connectivity index (χ0) is 19.9. The summed E-state index contributed by atoms with van der Waals surface area (Å²) in [6, 6.07) is 12.1. The predicted octanol–water partition coefficient (Wildman–Crippen LogP) is 2.11. The van der Waals surface area contributed by atoms with Crippen molar-refractivity contribution in [1.29, 1.82) is 0 Å². The van der Waals surface area contributed by atoms with E-state index < -0.39 is 21.9 Å². The Labute approximate surface area is 157 Å². The molecular weight excluding hydrogens is 372 g/mol. The summed E-state index contributed by atoms with van der Waals surface area (Å²) in [4.78, 5) is 21.5. The molecule has 0 fully saturated rings. The number of sulfonamides is 1. The molecule has 8 nitrogen and oxygen atoms in total. The van der Waals surface area contributed by atoms with E-state index in [0.717, 1.165) is 0 Å². The molecule has 0 aromatic heterocycles. The molecule has 9 heteroatoms. The lowest BCUT2D eigenvalue weighted by Crippen LogP contribution is -2.24. The first kappa shape index (κ1) is 20.4. The van der Waals surface area contributed by atoms with Gasteiger partial charge in [0.2, 0.25) is 15.9 Å². The molecule has 2 rings (SSSR count). The van der Waals surface area contributed by atoms with Gasteiger partial charge in [0.25, 0.3) is 0 Å². The van der Waals surface area contributed by atoms with Crippen LogP contribution in [0.1, 0.15) is 29.6 Å². The van der Waals surface area contributed by atoms with Gasteiger partial charge in [-0.3, -0.25) is 9.59 Å². The van der Waals surface area contributed by atoms with Crippen LogP contribution in [0.3, 0.4) is 0 Å². The van der Waals surface area contributed by atoms with E-state index >= 15 is 0 Å². The number of carbonyl (C=O) groups is 2. The van der Waals surface area contributed by atoms with Crippen LogP contribution >= 0.6 is 0 Å². The fourth-order valence-electron chi connectivity index (χ4n) is 2.20. The van der Waals surface area contributed by atoms with Crippen LogP contribution in [0, 0.1) is 0 Å². The number of nitrogens with one attached hydrogen (secondary N) is 1. The average molecular weight is 392 g/mol. The van der Waals surface area contributed by atoms with Crippen LogP contribution < -0.4 is 15.2 Å². The largest absolute Gasteiger partial charge is 0.481 e. The number of carboxylic acid groups (broad SMARTS) is 1. The Bertz CT molecular complexity index is 892. The third kappa shape index (κ3) is 6.39. The van der Waals surface area contributed by atoms with E-state index in [2.05, 4.69) is 4.72 Å². The summed E-state index contributed by atoms with van der Waals surface area (Å²) in [5, 5.41) is 8.55. The van der Waals surface area contributed by atoms with Gasteiger partial charge < -0.3 is 15.6 Å². The van der Waals surface area contributed by atoms with Crippen molar-refractivity contribution in [3.05, 3.63) is 54.1 Å². The topological polar surface area (TPSA) is 136 Å². The second-order valence-corrected chi connectivity index (χ2v) is 7.48. The van der Waals surface area contributed by atoms with E-state index in [1.54, 1.807) is 12.1 Å². The Balaban J connectivity index is 1.93. The van der Waals surface area contributed by atoms with E-state index in [4.69, 9.17) is 15.6 Å². The van der Waals surface area contributed by atoms with Gasteiger partial charge in [-0.15, -0.1) is 0 Å². The highest BCUT2D eigenvalue weighted by Gasteiger charge is 2.13. The number of hydrogen-bond donors (Lipinski definition) is 3. The minimum atomic E-state index is -3.67. The minimum absolute atomic E-state index is 0.00812. The van der Waals surface area contributed by atoms with Crippen LogP contribution in [0.25, 0.3) is 0 Å². The molecule has 0 saturated carbocycles. The Kier molecular flexibility index (Phi) is 6.91. The van der Waals surface area contributed by atoms with Crippen molar-refractivity contribution >= 4 is 21.9 Å². The summed E-state index contributed by atoms with van der Waals surface area (Å²) < 4.78 is 32.4. The number of nitrogens with two attached hydrogens (primary N) is 1. The summed E-state index contributed by atoms with van der Waals surface area (Å²) in [6.45, 7) is 0.167. The Morgan fingerprint density at radius 2 is 1.52 bits per heavy atom. The lowest BCUT2D eigenvalue weighted by atomic mass is 10.2. The number of rotatable bonds is 10. The minimum Gasteiger partial charge on any atom is -0.481 e. The zero-order valence-corrected chi connectivity index (χ0v) is 15.2. The number of aliphatic carboxylic acids is 1. The number of unbranched alkanes of at least 4 members (excludes halogenated alkanes) is 1. The van der Waals surface area contributed by atoms with Crippen LogP contribution in [0.4, 0.5) is 0 Å². The van der Waals surface area contributed by atoms with E-state index in [1.165, 1.54) is 36.4 Å². The lowest BCUT2D eigenvalue weighted by molar-refractivity contribution is -0.137. The SMILES string of the molecule is NC(=O)c1ccc(Oc2ccc(S(=O)(=O)NCCCCC(=O)O)cc2)cc1. The summed E-state index contributed by atoms with van der Waals surface area (Å²) >= 11 is 0. The van der Waals surface area contributed by atoms with Crippen molar-refractivity contribution in [2.75, 3.05) is 6.54 Å². The highest BCUT2D eigenvalue weighted by Crippen LogP contribution is 2.23. The summed E-state index contributed by atoms with van der Waals surface area (Å²) in [5.41, 5.74) is 5.53. The molecule has 0 unspecified atom stereocenters. The third-order valence-electron chi connectivity index (χ3n) is 3.62. The van der Waals surface area contributed by atoms with E-state index in [1.807, 2.05) is 0 Å². The molecule has 4 N–H and O–H groups in total. The van der Waals surface area contributed by atoms with Crippen molar-refractivity contribution in [1.82, 2.24) is 4.72 Å². The third-order valence-corrected chi connectivity index (χ3v) is 5.10. The monoisotopic (exact) mass is 392 g/mol. The maximum absolute atomic E-state index is 12.2. The van der Waals surface area contributed by atoms with Gasteiger partial charge in [-0.2, -0.15) is 0 Å². The number of primary amides is 1. The van der Waals surface area contributed by atoms with Gasteiger partial charge in [0.1, 0.15) is 11.5 Å². The number of carboxylic acids is 1. The molecule has 0 aliphatic carbocycles. The van der Waals surface area contributed by atoms with Crippen molar-refractivity contribution in [3.8, 4) is 11.5 Å². The van der Waals surface area contributed by atoms with E-state index in [-0.39, 0.29) is 17.9 Å². The van der Waals surface area contributed by atoms with Crippen LogP contribution in [-0.2, 0) is 14.8 Å². The van der Waals surface area contributed by atoms with Gasteiger partial charge in [-0.1, -0.05) is 0 Å². The van der Waals surface area contributed by atoms with Crippen molar-refractivity contribution in [3.63, 3.8) is 0 Å². The van der Waals surface area contributed by atoms with E-state index in [0.29, 0.717) is 29.9 Å². The van der Waals surface area contributed by atoms with Gasteiger partial charge in [-0.25, -0.2) is 13.1 Å². The number of hydrogen-bond acceptors (Lipinski definition) is 5. The molecule has 144 valence electrons. The second-order valence-electron chi connectivity index (χ2n) is 5.71. The normalized spacial score (nSPS) is 11.1. The second kappa shape index (κ2) is 9.15. The maximum atomic E-state index is 12.2. The molecule has 0 aliphatic rings. The molecule has 0 aliphatic heterocycles. The number of benzene rings is 2. The van der Waals surface area contributed by atoms with Gasteiger partial charge in [0, 0.05) is 18.5 Å². The first-order chi connectivity index (χ1) is 12.8. The molecule has 0 radical (unpaired) electrons.